The molecule has 3 aliphatic rings. The monoisotopic (exact) mass is 487 g/mol. The Balaban J connectivity index is 1.24. The predicted molar refractivity (Wildman–Crippen MR) is 122 cm³/mol. The van der Waals surface area contributed by atoms with E-state index >= 15 is 0 Å². The van der Waals surface area contributed by atoms with Crippen LogP contribution in [0.5, 0.6) is 17.2 Å². The second kappa shape index (κ2) is 9.15. The summed E-state index contributed by atoms with van der Waals surface area (Å²) in [6.45, 7) is 1.56. The topological polar surface area (TPSA) is 106 Å². The summed E-state index contributed by atoms with van der Waals surface area (Å²) < 4.78 is 44.4. The third kappa shape index (κ3) is 4.28. The van der Waals surface area contributed by atoms with Crippen molar-refractivity contribution in [3.05, 3.63) is 42.5 Å². The molecule has 3 heterocycles. The number of piperazine rings is 1. The van der Waals surface area contributed by atoms with Crippen molar-refractivity contribution in [3.63, 3.8) is 0 Å². The van der Waals surface area contributed by atoms with Crippen LogP contribution in [0, 0.1) is 0 Å². The first kappa shape index (κ1) is 22.5. The molecule has 2 aromatic carbocycles. The van der Waals surface area contributed by atoms with Crippen LogP contribution >= 0.6 is 0 Å². The number of hydrogen-bond donors (Lipinski definition) is 0. The summed E-state index contributed by atoms with van der Waals surface area (Å²) in [5, 5.41) is 0. The number of carbonyl (C=O) groups is 2. The summed E-state index contributed by atoms with van der Waals surface area (Å²) in [7, 11) is -3.75. The summed E-state index contributed by atoms with van der Waals surface area (Å²) in [4.78, 5) is 28.4. The molecular formula is C23H25N3O7S. The van der Waals surface area contributed by atoms with E-state index in [2.05, 4.69) is 0 Å². The van der Waals surface area contributed by atoms with E-state index in [9.17, 15) is 18.0 Å². The molecular weight excluding hydrogens is 462 g/mol. The molecule has 0 atom stereocenters. The fourth-order valence-corrected chi connectivity index (χ4v) is 5.63. The van der Waals surface area contributed by atoms with Gasteiger partial charge in [-0.25, -0.2) is 8.42 Å². The van der Waals surface area contributed by atoms with Gasteiger partial charge in [0.25, 0.3) is 5.91 Å². The van der Waals surface area contributed by atoms with Crippen molar-refractivity contribution in [1.29, 1.82) is 0 Å². The van der Waals surface area contributed by atoms with E-state index in [-0.39, 0.29) is 56.0 Å². The number of fused-ring (bicyclic) bond motifs is 2. The molecule has 0 unspecified atom stereocenters. The van der Waals surface area contributed by atoms with Crippen LogP contribution in [0.2, 0.25) is 0 Å². The zero-order valence-electron chi connectivity index (χ0n) is 18.5. The third-order valence-corrected chi connectivity index (χ3v) is 7.94. The van der Waals surface area contributed by atoms with E-state index in [1.54, 1.807) is 35.2 Å². The van der Waals surface area contributed by atoms with Gasteiger partial charge in [-0.2, -0.15) is 4.31 Å². The predicted octanol–water partition coefficient (Wildman–Crippen LogP) is 1.11. The number of anilines is 1. The lowest BCUT2D eigenvalue weighted by atomic mass is 10.2. The number of hydrogen-bond acceptors (Lipinski definition) is 7. The molecule has 10 nitrogen and oxygen atoms in total. The maximum atomic E-state index is 13.2. The highest BCUT2D eigenvalue weighted by molar-refractivity contribution is 7.89. The van der Waals surface area contributed by atoms with Crippen molar-refractivity contribution in [2.24, 2.45) is 0 Å². The number of nitrogens with zero attached hydrogens (tertiary/aromatic N) is 3. The molecule has 0 aliphatic carbocycles. The molecule has 3 aliphatic heterocycles. The Kier molecular flexibility index (Phi) is 6.05. The van der Waals surface area contributed by atoms with Gasteiger partial charge in [0, 0.05) is 38.7 Å². The molecule has 0 spiro atoms. The van der Waals surface area contributed by atoms with Gasteiger partial charge in [0.1, 0.15) is 12.3 Å². The van der Waals surface area contributed by atoms with Gasteiger partial charge in [-0.15, -0.1) is 0 Å². The smallest absolute Gasteiger partial charge is 0.265 e. The zero-order valence-corrected chi connectivity index (χ0v) is 19.3. The molecule has 0 saturated carbocycles. The van der Waals surface area contributed by atoms with Crippen LogP contribution in [-0.4, -0.2) is 82.0 Å². The second-order valence-corrected chi connectivity index (χ2v) is 10.1. The number of ether oxygens (including phenoxy) is 3. The van der Waals surface area contributed by atoms with E-state index in [0.29, 0.717) is 36.1 Å². The number of benzene rings is 2. The molecule has 2 aromatic rings. The van der Waals surface area contributed by atoms with Crippen LogP contribution in [0.25, 0.3) is 0 Å². The molecule has 0 bridgehead atoms. The van der Waals surface area contributed by atoms with E-state index in [0.717, 1.165) is 6.42 Å². The van der Waals surface area contributed by atoms with Gasteiger partial charge >= 0.3 is 0 Å². The Hall–Kier alpha value is -3.31. The highest BCUT2D eigenvalue weighted by Gasteiger charge is 2.33. The van der Waals surface area contributed by atoms with Crippen molar-refractivity contribution < 1.29 is 32.2 Å². The van der Waals surface area contributed by atoms with Gasteiger partial charge in [0.05, 0.1) is 23.8 Å². The number of carbonyl (C=O) groups excluding carboxylic acids is 2. The minimum atomic E-state index is -3.75. The molecule has 1 saturated heterocycles. The van der Waals surface area contributed by atoms with Crippen LogP contribution in [0.15, 0.2) is 47.4 Å². The van der Waals surface area contributed by atoms with E-state index < -0.39 is 10.0 Å². The first-order valence-electron chi connectivity index (χ1n) is 11.1. The van der Waals surface area contributed by atoms with Crippen LogP contribution in [0.1, 0.15) is 6.42 Å². The Morgan fingerprint density at radius 2 is 1.62 bits per heavy atom. The van der Waals surface area contributed by atoms with Crippen LogP contribution < -0.4 is 19.1 Å². The number of sulfonamides is 1. The quantitative estimate of drug-likeness (QED) is 0.636. The Bertz CT molecular complexity index is 1210. The Morgan fingerprint density at radius 3 is 2.41 bits per heavy atom. The van der Waals surface area contributed by atoms with E-state index in [1.807, 2.05) is 0 Å². The largest absolute Gasteiger partial charge is 0.490 e. The van der Waals surface area contributed by atoms with Crippen molar-refractivity contribution in [2.45, 2.75) is 11.3 Å². The Morgan fingerprint density at radius 1 is 0.882 bits per heavy atom. The fraction of sp³-hybridized carbons (Fsp3) is 0.391. The van der Waals surface area contributed by atoms with Crippen molar-refractivity contribution in [1.82, 2.24) is 9.21 Å². The fourth-order valence-electron chi connectivity index (χ4n) is 4.19. The summed E-state index contributed by atoms with van der Waals surface area (Å²) in [6.07, 6.45) is 0.731. The maximum absolute atomic E-state index is 13.2. The summed E-state index contributed by atoms with van der Waals surface area (Å²) in [5.74, 6) is 0.982. The highest BCUT2D eigenvalue weighted by Crippen LogP contribution is 2.33. The normalized spacial score (nSPS) is 18.6. The summed E-state index contributed by atoms with van der Waals surface area (Å²) in [5.41, 5.74) is 0.558. The summed E-state index contributed by atoms with van der Waals surface area (Å²) >= 11 is 0. The number of para-hydroxylation sites is 2. The van der Waals surface area contributed by atoms with Gasteiger partial charge in [-0.05, 0) is 24.3 Å². The SMILES string of the molecule is O=C(CN1C(=O)COc2ccccc21)N1CCN(S(=O)(=O)c2ccc3c(c2)OCCCO3)CC1. The lowest BCUT2D eigenvalue weighted by molar-refractivity contribution is -0.133. The lowest BCUT2D eigenvalue weighted by Crippen LogP contribution is -2.53. The van der Waals surface area contributed by atoms with Crippen molar-refractivity contribution in [3.8, 4) is 17.2 Å². The Labute approximate surface area is 197 Å². The molecule has 5 rings (SSSR count). The minimum absolute atomic E-state index is 0.117. The average molecular weight is 488 g/mol. The molecule has 0 radical (unpaired) electrons. The molecule has 1 fully saturated rings. The molecule has 11 heteroatoms. The van der Waals surface area contributed by atoms with Gasteiger partial charge in [0.15, 0.2) is 18.1 Å². The van der Waals surface area contributed by atoms with E-state index in [4.69, 9.17) is 14.2 Å². The zero-order chi connectivity index (χ0) is 23.7. The van der Waals surface area contributed by atoms with Gasteiger partial charge in [-0.1, -0.05) is 12.1 Å². The second-order valence-electron chi connectivity index (χ2n) is 8.18. The molecule has 2 amide bonds. The van der Waals surface area contributed by atoms with Crippen molar-refractivity contribution >= 4 is 27.5 Å². The summed E-state index contributed by atoms with van der Waals surface area (Å²) in [6, 6.07) is 11.7. The number of amides is 2. The minimum Gasteiger partial charge on any atom is -0.490 e. The third-order valence-electron chi connectivity index (χ3n) is 6.05. The molecule has 0 N–H and O–H groups in total. The van der Waals surface area contributed by atoms with Gasteiger partial charge in [-0.3, -0.25) is 14.5 Å². The maximum Gasteiger partial charge on any atom is 0.265 e. The standard InChI is InChI=1S/C23H25N3O7S/c27-22(15-26-18-4-1-2-5-19(18)33-16-23(26)28)24-8-10-25(11-9-24)34(29,30)17-6-7-20-21(14-17)32-13-3-12-31-20/h1-2,4-7,14H,3,8-13,15-16H2. The number of rotatable bonds is 4. The molecule has 34 heavy (non-hydrogen) atoms. The first-order valence-corrected chi connectivity index (χ1v) is 12.6. The van der Waals surface area contributed by atoms with Crippen LogP contribution in [-0.2, 0) is 19.6 Å². The van der Waals surface area contributed by atoms with Gasteiger partial charge < -0.3 is 19.1 Å². The molecule has 180 valence electrons. The molecule has 0 aromatic heterocycles. The van der Waals surface area contributed by atoms with Crippen LogP contribution in [0.4, 0.5) is 5.69 Å². The average Bonchev–Trinajstić information content (AvgIpc) is 3.11. The van der Waals surface area contributed by atoms with E-state index in [1.165, 1.54) is 21.3 Å². The van der Waals surface area contributed by atoms with Crippen molar-refractivity contribution in [2.75, 3.05) is 57.4 Å². The van der Waals surface area contributed by atoms with Gasteiger partial charge in [0.2, 0.25) is 15.9 Å². The van der Waals surface area contributed by atoms with Crippen LogP contribution in [0.3, 0.4) is 0 Å². The first-order chi connectivity index (χ1) is 16.4. The highest BCUT2D eigenvalue weighted by atomic mass is 32.2. The lowest BCUT2D eigenvalue weighted by Gasteiger charge is -2.36.